The SMILES string of the molecule is Cc1ccc(Cl)c(OCC(=O)N2CCN(CC=Cc3ccccc3)CC2)c1. The van der Waals surface area contributed by atoms with E-state index >= 15 is 0 Å². The van der Waals surface area contributed by atoms with Crippen molar-refractivity contribution in [2.45, 2.75) is 6.92 Å². The maximum absolute atomic E-state index is 12.4. The number of carbonyl (C=O) groups excluding carboxylic acids is 1. The van der Waals surface area contributed by atoms with Crippen molar-refractivity contribution in [3.8, 4) is 5.75 Å². The first-order valence-electron chi connectivity index (χ1n) is 9.22. The van der Waals surface area contributed by atoms with E-state index in [0.29, 0.717) is 10.8 Å². The monoisotopic (exact) mass is 384 g/mol. The number of amides is 1. The van der Waals surface area contributed by atoms with Gasteiger partial charge >= 0.3 is 0 Å². The Bertz CT molecular complexity index is 784. The van der Waals surface area contributed by atoms with Crippen LogP contribution in [0.3, 0.4) is 0 Å². The third-order valence-electron chi connectivity index (χ3n) is 4.64. The van der Waals surface area contributed by atoms with Crippen molar-refractivity contribution in [3.63, 3.8) is 0 Å². The summed E-state index contributed by atoms with van der Waals surface area (Å²) in [5.74, 6) is 0.571. The number of aryl methyl sites for hydroxylation is 1. The molecule has 1 aliphatic heterocycles. The number of carbonyl (C=O) groups is 1. The number of halogens is 1. The molecule has 2 aromatic carbocycles. The molecule has 0 radical (unpaired) electrons. The molecule has 0 N–H and O–H groups in total. The fraction of sp³-hybridized carbons (Fsp3) is 0.318. The van der Waals surface area contributed by atoms with Crippen LogP contribution < -0.4 is 4.74 Å². The number of hydrogen-bond acceptors (Lipinski definition) is 3. The van der Waals surface area contributed by atoms with Gasteiger partial charge in [-0.15, -0.1) is 0 Å². The van der Waals surface area contributed by atoms with Gasteiger partial charge in [-0.05, 0) is 30.2 Å². The normalized spacial score (nSPS) is 15.3. The molecule has 0 saturated carbocycles. The van der Waals surface area contributed by atoms with E-state index in [-0.39, 0.29) is 12.5 Å². The maximum Gasteiger partial charge on any atom is 0.260 e. The second kappa shape index (κ2) is 9.58. The number of ether oxygens (including phenoxy) is 1. The summed E-state index contributed by atoms with van der Waals surface area (Å²) in [7, 11) is 0. The predicted molar refractivity (Wildman–Crippen MR) is 110 cm³/mol. The first kappa shape index (κ1) is 19.5. The largest absolute Gasteiger partial charge is 0.482 e. The highest BCUT2D eigenvalue weighted by molar-refractivity contribution is 6.32. The highest BCUT2D eigenvalue weighted by atomic mass is 35.5. The second-order valence-corrected chi connectivity index (χ2v) is 7.12. The van der Waals surface area contributed by atoms with Gasteiger partial charge in [-0.2, -0.15) is 0 Å². The third kappa shape index (κ3) is 5.84. The Labute approximate surface area is 166 Å². The molecule has 1 fully saturated rings. The van der Waals surface area contributed by atoms with E-state index < -0.39 is 0 Å². The Kier molecular flexibility index (Phi) is 6.91. The molecule has 0 aliphatic carbocycles. The molecule has 0 aromatic heterocycles. The summed E-state index contributed by atoms with van der Waals surface area (Å²) in [4.78, 5) is 16.6. The first-order chi connectivity index (χ1) is 13.1. The lowest BCUT2D eigenvalue weighted by molar-refractivity contribution is -0.135. The van der Waals surface area contributed by atoms with Gasteiger partial charge in [0.2, 0.25) is 0 Å². The fourth-order valence-electron chi connectivity index (χ4n) is 3.03. The molecule has 0 bridgehead atoms. The molecule has 1 amide bonds. The van der Waals surface area contributed by atoms with Gasteiger partial charge in [0.15, 0.2) is 6.61 Å². The van der Waals surface area contributed by atoms with Crippen molar-refractivity contribution in [2.24, 2.45) is 0 Å². The Morgan fingerprint density at radius 2 is 1.85 bits per heavy atom. The lowest BCUT2D eigenvalue weighted by atomic mass is 10.2. The molecule has 1 saturated heterocycles. The van der Waals surface area contributed by atoms with Crippen molar-refractivity contribution in [1.82, 2.24) is 9.80 Å². The van der Waals surface area contributed by atoms with Crippen LogP contribution in [0.2, 0.25) is 5.02 Å². The van der Waals surface area contributed by atoms with E-state index in [4.69, 9.17) is 16.3 Å². The molecule has 5 heteroatoms. The van der Waals surface area contributed by atoms with Gasteiger partial charge in [-0.3, -0.25) is 9.69 Å². The topological polar surface area (TPSA) is 32.8 Å². The number of hydrogen-bond donors (Lipinski definition) is 0. The summed E-state index contributed by atoms with van der Waals surface area (Å²) in [6.07, 6.45) is 4.31. The molecule has 142 valence electrons. The number of nitrogens with zero attached hydrogens (tertiary/aromatic N) is 2. The van der Waals surface area contributed by atoms with Crippen molar-refractivity contribution < 1.29 is 9.53 Å². The Morgan fingerprint density at radius 1 is 1.11 bits per heavy atom. The summed E-state index contributed by atoms with van der Waals surface area (Å²) < 4.78 is 5.63. The van der Waals surface area contributed by atoms with E-state index in [1.165, 1.54) is 5.56 Å². The minimum absolute atomic E-state index is 0.00653. The van der Waals surface area contributed by atoms with Crippen LogP contribution >= 0.6 is 11.6 Å². The Hall–Kier alpha value is -2.30. The van der Waals surface area contributed by atoms with Crippen molar-refractivity contribution in [3.05, 3.63) is 70.8 Å². The highest BCUT2D eigenvalue weighted by Gasteiger charge is 2.21. The van der Waals surface area contributed by atoms with E-state index in [2.05, 4.69) is 29.2 Å². The predicted octanol–water partition coefficient (Wildman–Crippen LogP) is 3.88. The minimum atomic E-state index is 0.00653. The van der Waals surface area contributed by atoms with E-state index in [9.17, 15) is 4.79 Å². The van der Waals surface area contributed by atoms with Crippen LogP contribution in [0, 0.1) is 6.92 Å². The molecule has 27 heavy (non-hydrogen) atoms. The van der Waals surface area contributed by atoms with Crippen LogP contribution in [-0.2, 0) is 4.79 Å². The molecule has 4 nitrogen and oxygen atoms in total. The summed E-state index contributed by atoms with van der Waals surface area (Å²) in [6.45, 7) is 6.08. The van der Waals surface area contributed by atoms with Crippen molar-refractivity contribution >= 4 is 23.6 Å². The molecule has 3 rings (SSSR count). The van der Waals surface area contributed by atoms with Gasteiger partial charge in [-0.1, -0.05) is 60.2 Å². The molecular weight excluding hydrogens is 360 g/mol. The van der Waals surface area contributed by atoms with Gasteiger partial charge in [-0.25, -0.2) is 0 Å². The third-order valence-corrected chi connectivity index (χ3v) is 4.95. The number of piperazine rings is 1. The summed E-state index contributed by atoms with van der Waals surface area (Å²) in [5, 5.41) is 0.531. The lowest BCUT2D eigenvalue weighted by Gasteiger charge is -2.34. The van der Waals surface area contributed by atoms with E-state index in [1.807, 2.05) is 42.2 Å². The molecule has 0 spiro atoms. The van der Waals surface area contributed by atoms with Crippen LogP contribution in [0.5, 0.6) is 5.75 Å². The average Bonchev–Trinajstić information content (AvgIpc) is 2.70. The number of rotatable bonds is 6. The highest BCUT2D eigenvalue weighted by Crippen LogP contribution is 2.25. The van der Waals surface area contributed by atoms with E-state index in [0.717, 1.165) is 38.3 Å². The van der Waals surface area contributed by atoms with Crippen molar-refractivity contribution in [2.75, 3.05) is 39.3 Å². The van der Waals surface area contributed by atoms with Crippen LogP contribution in [0.25, 0.3) is 6.08 Å². The standard InChI is InChI=1S/C22H25ClN2O2/c1-18-9-10-20(23)21(16-18)27-17-22(26)25-14-12-24(13-15-25)11-5-8-19-6-3-2-4-7-19/h2-10,16H,11-15,17H2,1H3. The molecule has 0 atom stereocenters. The quantitative estimate of drug-likeness (QED) is 0.757. The van der Waals surface area contributed by atoms with Crippen molar-refractivity contribution in [1.29, 1.82) is 0 Å². The molecular formula is C22H25ClN2O2. The zero-order chi connectivity index (χ0) is 19.1. The average molecular weight is 385 g/mol. The lowest BCUT2D eigenvalue weighted by Crippen LogP contribution is -2.49. The maximum atomic E-state index is 12.4. The van der Waals surface area contributed by atoms with Gasteiger partial charge in [0.05, 0.1) is 5.02 Å². The van der Waals surface area contributed by atoms with Gasteiger partial charge in [0.1, 0.15) is 5.75 Å². The zero-order valence-corrected chi connectivity index (χ0v) is 16.4. The Morgan fingerprint density at radius 3 is 2.59 bits per heavy atom. The second-order valence-electron chi connectivity index (χ2n) is 6.72. The van der Waals surface area contributed by atoms with Crippen LogP contribution in [0.4, 0.5) is 0 Å². The zero-order valence-electron chi connectivity index (χ0n) is 15.6. The smallest absolute Gasteiger partial charge is 0.260 e. The summed E-state index contributed by atoms with van der Waals surface area (Å²) >= 11 is 6.11. The molecule has 0 unspecified atom stereocenters. The Balaban J connectivity index is 1.41. The molecule has 2 aromatic rings. The van der Waals surface area contributed by atoms with Gasteiger partial charge < -0.3 is 9.64 Å². The summed E-state index contributed by atoms with van der Waals surface area (Å²) in [5.41, 5.74) is 2.26. The number of benzene rings is 2. The first-order valence-corrected chi connectivity index (χ1v) is 9.60. The minimum Gasteiger partial charge on any atom is -0.482 e. The molecule has 1 aliphatic rings. The van der Waals surface area contributed by atoms with Crippen LogP contribution in [0.15, 0.2) is 54.6 Å². The van der Waals surface area contributed by atoms with Crippen LogP contribution in [0.1, 0.15) is 11.1 Å². The fourth-order valence-corrected chi connectivity index (χ4v) is 3.21. The van der Waals surface area contributed by atoms with Gasteiger partial charge in [0, 0.05) is 32.7 Å². The molecule has 1 heterocycles. The van der Waals surface area contributed by atoms with Gasteiger partial charge in [0.25, 0.3) is 5.91 Å². The summed E-state index contributed by atoms with van der Waals surface area (Å²) in [6, 6.07) is 15.8. The van der Waals surface area contributed by atoms with Crippen LogP contribution in [-0.4, -0.2) is 55.0 Å². The van der Waals surface area contributed by atoms with E-state index in [1.54, 1.807) is 6.07 Å².